The standard InChI is InChI=1S/C21H28N2OS.2C2HF3O2/c1-16(2)23-11-9-21(10-12-23)14-19(22-15-17-6-5-13-25-17)18-7-3-4-8-20(18)24-21;2*3-2(4,5)1(6)7/h3-8,13,16,19,22H,9-12,14-15H2,1-2H3;2*(H,6,7). The van der Waals surface area contributed by atoms with Crippen LogP contribution in [0.1, 0.15) is 49.6 Å². The fraction of sp³-hybridized carbons (Fsp3) is 0.520. The second-order valence-electron chi connectivity index (χ2n) is 9.28. The molecule has 3 heterocycles. The summed E-state index contributed by atoms with van der Waals surface area (Å²) in [6.45, 7) is 7.79. The molecule has 1 fully saturated rings. The zero-order chi connectivity index (χ0) is 29.4. The van der Waals surface area contributed by atoms with Crippen molar-refractivity contribution in [3.63, 3.8) is 0 Å². The van der Waals surface area contributed by atoms with Crippen molar-refractivity contribution in [1.29, 1.82) is 0 Å². The number of carboxylic acid groups (broad SMARTS) is 2. The van der Waals surface area contributed by atoms with Crippen LogP contribution < -0.4 is 10.1 Å². The fourth-order valence-corrected chi connectivity index (χ4v) is 4.85. The number of alkyl halides is 6. The Hall–Kier alpha value is -2.84. The van der Waals surface area contributed by atoms with Gasteiger partial charge in [-0.25, -0.2) is 9.59 Å². The van der Waals surface area contributed by atoms with Gasteiger partial charge in [0.2, 0.25) is 0 Å². The van der Waals surface area contributed by atoms with Gasteiger partial charge in [-0.3, -0.25) is 0 Å². The second-order valence-corrected chi connectivity index (χ2v) is 10.3. The summed E-state index contributed by atoms with van der Waals surface area (Å²) in [7, 11) is 0. The summed E-state index contributed by atoms with van der Waals surface area (Å²) in [5, 5.41) is 20.2. The lowest BCUT2D eigenvalue weighted by molar-refractivity contribution is -0.193. The second kappa shape index (κ2) is 13.5. The molecule has 1 aromatic carbocycles. The van der Waals surface area contributed by atoms with Gasteiger partial charge >= 0.3 is 24.3 Å². The van der Waals surface area contributed by atoms with Gasteiger partial charge < -0.3 is 25.2 Å². The SMILES string of the molecule is CC(C)N1CCC2(CC1)CC(NCc1cccs1)c1ccccc1O2.O=C(O)C(F)(F)F.O=C(O)C(F)(F)F. The summed E-state index contributed by atoms with van der Waals surface area (Å²) in [6.07, 6.45) is -6.85. The number of rotatable bonds is 4. The number of nitrogens with one attached hydrogen (secondary N) is 1. The number of carboxylic acids is 2. The molecular weight excluding hydrogens is 554 g/mol. The number of thiophene rings is 1. The van der Waals surface area contributed by atoms with E-state index in [4.69, 9.17) is 24.5 Å². The van der Waals surface area contributed by atoms with E-state index in [1.807, 2.05) is 11.3 Å². The molecule has 1 saturated heterocycles. The van der Waals surface area contributed by atoms with Gasteiger partial charge in [0.15, 0.2) is 0 Å². The highest BCUT2D eigenvalue weighted by Gasteiger charge is 2.43. The minimum Gasteiger partial charge on any atom is -0.487 e. The molecule has 1 unspecified atom stereocenters. The number of piperidine rings is 1. The van der Waals surface area contributed by atoms with Crippen LogP contribution in [0.2, 0.25) is 0 Å². The number of hydrogen-bond acceptors (Lipinski definition) is 6. The largest absolute Gasteiger partial charge is 0.490 e. The molecule has 2 aromatic rings. The molecule has 0 aliphatic carbocycles. The molecule has 0 saturated carbocycles. The van der Waals surface area contributed by atoms with E-state index in [2.05, 4.69) is 65.8 Å². The predicted molar refractivity (Wildman–Crippen MR) is 132 cm³/mol. The van der Waals surface area contributed by atoms with E-state index < -0.39 is 24.3 Å². The average Bonchev–Trinajstić information content (AvgIpc) is 3.36. The highest BCUT2D eigenvalue weighted by atomic mass is 32.1. The van der Waals surface area contributed by atoms with Crippen LogP contribution >= 0.6 is 11.3 Å². The molecule has 39 heavy (non-hydrogen) atoms. The van der Waals surface area contributed by atoms with E-state index in [0.717, 1.165) is 44.6 Å². The van der Waals surface area contributed by atoms with Crippen LogP contribution in [0.4, 0.5) is 26.3 Å². The van der Waals surface area contributed by atoms with Gasteiger partial charge in [0, 0.05) is 48.6 Å². The van der Waals surface area contributed by atoms with Crippen molar-refractivity contribution in [2.75, 3.05) is 13.1 Å². The summed E-state index contributed by atoms with van der Waals surface area (Å²) in [5.41, 5.74) is 1.31. The average molecular weight is 585 g/mol. The number of halogens is 6. The molecule has 218 valence electrons. The topological polar surface area (TPSA) is 99.1 Å². The number of carbonyl (C=O) groups is 2. The maximum Gasteiger partial charge on any atom is 0.490 e. The maximum absolute atomic E-state index is 10.6. The molecule has 2 aliphatic rings. The van der Waals surface area contributed by atoms with Gasteiger partial charge in [-0.15, -0.1) is 11.3 Å². The summed E-state index contributed by atoms with van der Waals surface area (Å²) < 4.78 is 70.1. The van der Waals surface area contributed by atoms with Gasteiger partial charge in [-0.2, -0.15) is 26.3 Å². The summed E-state index contributed by atoms with van der Waals surface area (Å²) >= 11 is 1.82. The lowest BCUT2D eigenvalue weighted by Crippen LogP contribution is -2.53. The van der Waals surface area contributed by atoms with Crippen molar-refractivity contribution in [2.24, 2.45) is 0 Å². The Morgan fingerprint density at radius 1 is 1.03 bits per heavy atom. The highest BCUT2D eigenvalue weighted by Crippen LogP contribution is 2.44. The first kappa shape index (κ1) is 32.4. The van der Waals surface area contributed by atoms with Crippen LogP contribution in [0.3, 0.4) is 0 Å². The number of fused-ring (bicyclic) bond motifs is 1. The van der Waals surface area contributed by atoms with Crippen LogP contribution in [-0.2, 0) is 16.1 Å². The molecule has 4 rings (SSSR count). The number of para-hydroxylation sites is 1. The molecule has 3 N–H and O–H groups in total. The van der Waals surface area contributed by atoms with Crippen molar-refractivity contribution < 1.29 is 50.9 Å². The van der Waals surface area contributed by atoms with Crippen LogP contribution in [-0.4, -0.2) is 64.1 Å². The fourth-order valence-electron chi connectivity index (χ4n) is 4.19. The minimum absolute atomic E-state index is 0.00708. The number of aliphatic carboxylic acids is 2. The molecule has 1 spiro atoms. The van der Waals surface area contributed by atoms with Crippen LogP contribution in [0.5, 0.6) is 5.75 Å². The Balaban J connectivity index is 0.000000317. The molecule has 2 aliphatic heterocycles. The molecule has 1 atom stereocenters. The third kappa shape index (κ3) is 10.0. The molecule has 0 bridgehead atoms. The van der Waals surface area contributed by atoms with E-state index >= 15 is 0 Å². The highest BCUT2D eigenvalue weighted by molar-refractivity contribution is 7.09. The van der Waals surface area contributed by atoms with E-state index in [1.54, 1.807) is 0 Å². The van der Waals surface area contributed by atoms with Gasteiger partial charge in [0.25, 0.3) is 0 Å². The maximum atomic E-state index is 10.6. The van der Waals surface area contributed by atoms with Crippen LogP contribution in [0.25, 0.3) is 0 Å². The minimum atomic E-state index is -5.08. The van der Waals surface area contributed by atoms with Gasteiger partial charge in [-0.05, 0) is 44.2 Å². The van der Waals surface area contributed by atoms with Crippen molar-refractivity contribution in [2.45, 2.75) is 69.7 Å². The van der Waals surface area contributed by atoms with E-state index in [0.29, 0.717) is 12.1 Å². The Morgan fingerprint density at radius 3 is 2.03 bits per heavy atom. The van der Waals surface area contributed by atoms with Gasteiger partial charge in [-0.1, -0.05) is 24.3 Å². The Kier molecular flexibility index (Phi) is 11.2. The number of benzene rings is 1. The number of hydrogen-bond donors (Lipinski definition) is 3. The molecular formula is C25H30F6N2O5S. The molecule has 0 amide bonds. The Morgan fingerprint density at radius 2 is 1.56 bits per heavy atom. The zero-order valence-corrected chi connectivity index (χ0v) is 22.0. The first-order valence-corrected chi connectivity index (χ1v) is 12.8. The van der Waals surface area contributed by atoms with Crippen molar-refractivity contribution in [3.05, 3.63) is 52.2 Å². The molecule has 0 radical (unpaired) electrons. The third-order valence-electron chi connectivity index (χ3n) is 6.22. The van der Waals surface area contributed by atoms with Gasteiger partial charge in [0.05, 0.1) is 0 Å². The summed E-state index contributed by atoms with van der Waals surface area (Å²) in [5.74, 6) is -4.43. The van der Waals surface area contributed by atoms with E-state index in [1.165, 1.54) is 10.4 Å². The van der Waals surface area contributed by atoms with Gasteiger partial charge in [0.1, 0.15) is 11.4 Å². The molecule has 7 nitrogen and oxygen atoms in total. The lowest BCUT2D eigenvalue weighted by atomic mass is 9.80. The quantitative estimate of drug-likeness (QED) is 0.387. The Labute approximate surface area is 225 Å². The van der Waals surface area contributed by atoms with Crippen molar-refractivity contribution >= 4 is 23.3 Å². The van der Waals surface area contributed by atoms with E-state index in [-0.39, 0.29) is 5.60 Å². The smallest absolute Gasteiger partial charge is 0.487 e. The predicted octanol–water partition coefficient (Wildman–Crippen LogP) is 5.87. The normalized spacial score (nSPS) is 18.6. The van der Waals surface area contributed by atoms with Crippen LogP contribution in [0.15, 0.2) is 41.8 Å². The zero-order valence-electron chi connectivity index (χ0n) is 21.2. The molecule has 14 heteroatoms. The lowest BCUT2D eigenvalue weighted by Gasteiger charge is -2.48. The number of ether oxygens (including phenoxy) is 1. The Bertz CT molecular complexity index is 1040. The number of nitrogens with zero attached hydrogens (tertiary/aromatic N) is 1. The monoisotopic (exact) mass is 584 g/mol. The van der Waals surface area contributed by atoms with Crippen molar-refractivity contribution in [1.82, 2.24) is 10.2 Å². The third-order valence-corrected chi connectivity index (χ3v) is 7.10. The van der Waals surface area contributed by atoms with Crippen LogP contribution in [0, 0.1) is 0 Å². The summed E-state index contributed by atoms with van der Waals surface area (Å²) in [4.78, 5) is 21.8. The van der Waals surface area contributed by atoms with E-state index in [9.17, 15) is 26.3 Å². The molecule has 1 aromatic heterocycles. The first-order chi connectivity index (χ1) is 18.0. The first-order valence-electron chi connectivity index (χ1n) is 11.9. The van der Waals surface area contributed by atoms with Crippen molar-refractivity contribution in [3.8, 4) is 5.75 Å². The number of likely N-dealkylation sites (tertiary alicyclic amines) is 1. The summed E-state index contributed by atoms with van der Waals surface area (Å²) in [6, 6.07) is 13.9.